The van der Waals surface area contributed by atoms with E-state index in [0.29, 0.717) is 31.9 Å². The largest absolute Gasteiger partial charge is 0.497 e. The van der Waals surface area contributed by atoms with E-state index in [2.05, 4.69) is 4.98 Å². The lowest BCUT2D eigenvalue weighted by molar-refractivity contribution is 0.0971. The molecule has 3 heterocycles. The van der Waals surface area contributed by atoms with Crippen LogP contribution in [0.1, 0.15) is 27.7 Å². The lowest BCUT2D eigenvalue weighted by atomic mass is 9.98. The number of rotatable bonds is 3. The summed E-state index contributed by atoms with van der Waals surface area (Å²) in [4.78, 5) is 32.5. The van der Waals surface area contributed by atoms with Crippen molar-refractivity contribution in [1.82, 2.24) is 4.98 Å². The average molecular weight is 459 g/mol. The minimum Gasteiger partial charge on any atom is -0.497 e. The molecule has 1 atom stereocenters. The number of hydrogen-bond acceptors (Lipinski definition) is 6. The molecule has 2 aromatic heterocycles. The van der Waals surface area contributed by atoms with Gasteiger partial charge >= 0.3 is 0 Å². The van der Waals surface area contributed by atoms with Crippen LogP contribution < -0.4 is 15.1 Å². The predicted molar refractivity (Wildman–Crippen MR) is 116 cm³/mol. The van der Waals surface area contributed by atoms with Gasteiger partial charge in [0.25, 0.3) is 5.91 Å². The number of fused-ring (bicyclic) bond motifs is 2. The number of nitrogens with zero attached hydrogens (tertiary/aromatic N) is 2. The van der Waals surface area contributed by atoms with Gasteiger partial charge in [-0.1, -0.05) is 29.3 Å². The maximum atomic E-state index is 13.5. The summed E-state index contributed by atoms with van der Waals surface area (Å²) < 4.78 is 11.1. The normalized spacial score (nSPS) is 15.6. The van der Waals surface area contributed by atoms with E-state index in [1.54, 1.807) is 48.0 Å². The fourth-order valence-corrected chi connectivity index (χ4v) is 4.58. The minimum absolute atomic E-state index is 0.0213. The van der Waals surface area contributed by atoms with Crippen molar-refractivity contribution in [2.75, 3.05) is 12.0 Å². The first-order valence-electron chi connectivity index (χ1n) is 8.82. The SMILES string of the molecule is COc1ccc2c(=O)c3c(oc2c1)C(=O)N(c1nccs1)[C@H]3c1ccc(Cl)c(Cl)c1. The number of hydrogen-bond donors (Lipinski definition) is 0. The molecule has 9 heteroatoms. The number of ether oxygens (including phenoxy) is 1. The van der Waals surface area contributed by atoms with Crippen LogP contribution in [0.15, 0.2) is 57.2 Å². The summed E-state index contributed by atoms with van der Waals surface area (Å²) in [5.41, 5.74) is 0.857. The van der Waals surface area contributed by atoms with Gasteiger partial charge < -0.3 is 9.15 Å². The summed E-state index contributed by atoms with van der Waals surface area (Å²) in [5.74, 6) is 0.0544. The Labute approximate surface area is 184 Å². The molecular formula is C21H12Cl2N2O4S. The molecule has 0 radical (unpaired) electrons. The summed E-state index contributed by atoms with van der Waals surface area (Å²) in [7, 11) is 1.52. The molecule has 0 spiro atoms. The van der Waals surface area contributed by atoms with E-state index < -0.39 is 11.9 Å². The number of methoxy groups -OCH3 is 1. The van der Waals surface area contributed by atoms with E-state index in [9.17, 15) is 9.59 Å². The zero-order chi connectivity index (χ0) is 21.0. The van der Waals surface area contributed by atoms with Crippen LogP contribution >= 0.6 is 34.5 Å². The van der Waals surface area contributed by atoms with Crippen molar-refractivity contribution >= 4 is 56.5 Å². The number of thiazole rings is 1. The van der Waals surface area contributed by atoms with Gasteiger partial charge in [-0.2, -0.15) is 0 Å². The lowest BCUT2D eigenvalue weighted by Crippen LogP contribution is -2.29. The Morgan fingerprint density at radius 3 is 2.67 bits per heavy atom. The summed E-state index contributed by atoms with van der Waals surface area (Å²) in [5, 5.41) is 3.26. The molecule has 0 aliphatic carbocycles. The number of amides is 1. The van der Waals surface area contributed by atoms with Crippen LogP contribution in [0.4, 0.5) is 5.13 Å². The van der Waals surface area contributed by atoms with E-state index in [1.807, 2.05) is 0 Å². The zero-order valence-electron chi connectivity index (χ0n) is 15.4. The Morgan fingerprint density at radius 1 is 1.13 bits per heavy atom. The van der Waals surface area contributed by atoms with Crippen LogP contribution in [-0.2, 0) is 0 Å². The third-order valence-electron chi connectivity index (χ3n) is 4.96. The maximum Gasteiger partial charge on any atom is 0.297 e. The summed E-state index contributed by atoms with van der Waals surface area (Å²) in [6.45, 7) is 0. The Balaban J connectivity index is 1.82. The van der Waals surface area contributed by atoms with Crippen molar-refractivity contribution in [2.24, 2.45) is 0 Å². The second-order valence-corrected chi connectivity index (χ2v) is 8.29. The van der Waals surface area contributed by atoms with Crippen molar-refractivity contribution in [3.8, 4) is 5.75 Å². The molecule has 5 rings (SSSR count). The summed E-state index contributed by atoms with van der Waals surface area (Å²) >= 11 is 13.6. The molecule has 0 saturated carbocycles. The van der Waals surface area contributed by atoms with Crippen molar-refractivity contribution in [1.29, 1.82) is 0 Å². The van der Waals surface area contributed by atoms with Gasteiger partial charge in [0.1, 0.15) is 11.3 Å². The van der Waals surface area contributed by atoms with Crippen molar-refractivity contribution in [2.45, 2.75) is 6.04 Å². The second-order valence-electron chi connectivity index (χ2n) is 6.60. The molecule has 30 heavy (non-hydrogen) atoms. The van der Waals surface area contributed by atoms with Gasteiger partial charge in [-0.3, -0.25) is 14.5 Å². The second kappa shape index (κ2) is 7.12. The van der Waals surface area contributed by atoms with Crippen LogP contribution in [0.3, 0.4) is 0 Å². The first-order valence-corrected chi connectivity index (χ1v) is 10.5. The fraction of sp³-hybridized carbons (Fsp3) is 0.0952. The number of carbonyl (C=O) groups excluding carboxylic acids is 1. The van der Waals surface area contributed by atoms with Crippen LogP contribution in [-0.4, -0.2) is 18.0 Å². The summed E-state index contributed by atoms with van der Waals surface area (Å²) in [6, 6.07) is 9.17. The molecule has 2 aromatic carbocycles. The molecule has 1 aliphatic rings. The van der Waals surface area contributed by atoms with E-state index in [4.69, 9.17) is 32.4 Å². The molecule has 4 aromatic rings. The fourth-order valence-electron chi connectivity index (χ4n) is 3.61. The number of anilines is 1. The lowest BCUT2D eigenvalue weighted by Gasteiger charge is -2.22. The minimum atomic E-state index is -0.740. The van der Waals surface area contributed by atoms with E-state index >= 15 is 0 Å². The van der Waals surface area contributed by atoms with Gasteiger partial charge in [-0.15, -0.1) is 11.3 Å². The summed E-state index contributed by atoms with van der Waals surface area (Å²) in [6.07, 6.45) is 1.60. The van der Waals surface area contributed by atoms with Crippen LogP contribution in [0.5, 0.6) is 5.75 Å². The van der Waals surface area contributed by atoms with Gasteiger partial charge in [-0.25, -0.2) is 4.98 Å². The third kappa shape index (κ3) is 2.81. The zero-order valence-corrected chi connectivity index (χ0v) is 17.7. The topological polar surface area (TPSA) is 72.6 Å². The molecule has 6 nitrogen and oxygen atoms in total. The Hall–Kier alpha value is -2.87. The van der Waals surface area contributed by atoms with E-state index in [1.165, 1.54) is 23.3 Å². The number of aromatic nitrogens is 1. The number of carbonyl (C=O) groups is 1. The highest BCUT2D eigenvalue weighted by atomic mass is 35.5. The number of benzene rings is 2. The third-order valence-corrected chi connectivity index (χ3v) is 6.47. The highest BCUT2D eigenvalue weighted by Gasteiger charge is 2.44. The van der Waals surface area contributed by atoms with E-state index in [-0.39, 0.29) is 22.3 Å². The van der Waals surface area contributed by atoms with Gasteiger partial charge in [0, 0.05) is 17.6 Å². The average Bonchev–Trinajstić information content (AvgIpc) is 3.36. The quantitative estimate of drug-likeness (QED) is 0.415. The smallest absolute Gasteiger partial charge is 0.297 e. The standard InChI is InChI=1S/C21H12Cl2N2O4S/c1-28-11-3-4-12-15(9-11)29-19-16(18(12)26)17(10-2-5-13(22)14(23)8-10)25(20(19)27)21-24-6-7-30-21/h2-9,17H,1H3/t17-/m0/s1. The van der Waals surface area contributed by atoms with Gasteiger partial charge in [0.15, 0.2) is 10.6 Å². The molecule has 0 saturated heterocycles. The van der Waals surface area contributed by atoms with Gasteiger partial charge in [-0.05, 0) is 29.8 Å². The van der Waals surface area contributed by atoms with Crippen molar-refractivity contribution in [3.05, 3.63) is 85.1 Å². The van der Waals surface area contributed by atoms with Crippen LogP contribution in [0.2, 0.25) is 10.0 Å². The van der Waals surface area contributed by atoms with Crippen molar-refractivity contribution < 1.29 is 13.9 Å². The molecule has 0 N–H and O–H groups in total. The van der Waals surface area contributed by atoms with Gasteiger partial charge in [0.2, 0.25) is 5.76 Å². The highest BCUT2D eigenvalue weighted by molar-refractivity contribution is 7.13. The van der Waals surface area contributed by atoms with Gasteiger partial charge in [0.05, 0.1) is 34.1 Å². The molecular weight excluding hydrogens is 447 g/mol. The Bertz CT molecular complexity index is 1370. The number of halogens is 2. The molecule has 0 fully saturated rings. The van der Waals surface area contributed by atoms with E-state index in [0.717, 1.165) is 0 Å². The van der Waals surface area contributed by atoms with Crippen LogP contribution in [0.25, 0.3) is 11.0 Å². The monoisotopic (exact) mass is 458 g/mol. The molecule has 0 unspecified atom stereocenters. The first kappa shape index (κ1) is 19.1. The Kier molecular flexibility index (Phi) is 4.54. The predicted octanol–water partition coefficient (Wildman–Crippen LogP) is 5.31. The Morgan fingerprint density at radius 2 is 1.97 bits per heavy atom. The molecule has 150 valence electrons. The van der Waals surface area contributed by atoms with Crippen molar-refractivity contribution in [3.63, 3.8) is 0 Å². The maximum absolute atomic E-state index is 13.5. The highest BCUT2D eigenvalue weighted by Crippen LogP contribution is 2.43. The molecule has 1 amide bonds. The molecule has 0 bridgehead atoms. The molecule has 1 aliphatic heterocycles. The van der Waals surface area contributed by atoms with Crippen LogP contribution in [0, 0.1) is 0 Å². The first-order chi connectivity index (χ1) is 14.5.